The van der Waals surface area contributed by atoms with Crippen LogP contribution in [-0.4, -0.2) is 76.0 Å². The van der Waals surface area contributed by atoms with E-state index in [0.717, 1.165) is 16.0 Å². The molecular weight excluding hydrogens is 593 g/mol. The van der Waals surface area contributed by atoms with E-state index in [9.17, 15) is 19.5 Å². The highest BCUT2D eigenvalue weighted by Gasteiger charge is 2.24. The molecule has 0 fully saturated rings. The number of benzene rings is 2. The molecule has 42 heavy (non-hydrogen) atoms. The molecule has 13 nitrogen and oxygen atoms in total. The summed E-state index contributed by atoms with van der Waals surface area (Å²) in [5, 5.41) is 20.3. The molecule has 2 N–H and O–H groups in total. The summed E-state index contributed by atoms with van der Waals surface area (Å²) >= 11 is 12.4. The molecule has 0 aliphatic heterocycles. The minimum atomic E-state index is -1.73. The van der Waals surface area contributed by atoms with Crippen LogP contribution in [0.1, 0.15) is 29.4 Å². The standard InChI is InChI=1S/C27H29Cl2N5O8/c1-3-11-39-27(38)41-17-40-26(37)24(35)16-33(31-25(36)23-15-34(32-30-23)42-12-4-2)14-18-5-7-19(8-6-18)21-13-20(28)9-10-22(21)29/h4-10,13,15,24,35H,2-3,11-12,14,16-17H2,1H3,(H,31,36)/t24-/m1/s1. The number of ether oxygens (including phenoxy) is 3. The molecule has 0 bridgehead atoms. The second-order valence-electron chi connectivity index (χ2n) is 8.57. The van der Waals surface area contributed by atoms with E-state index in [1.54, 1.807) is 37.3 Å². The number of nitrogens with zero attached hydrogens (tertiary/aromatic N) is 4. The highest BCUT2D eigenvalue weighted by molar-refractivity contribution is 6.35. The van der Waals surface area contributed by atoms with E-state index in [4.69, 9.17) is 37.5 Å². The van der Waals surface area contributed by atoms with Gasteiger partial charge in [0.25, 0.3) is 5.91 Å². The van der Waals surface area contributed by atoms with Crippen molar-refractivity contribution < 1.29 is 38.5 Å². The Bertz CT molecular complexity index is 1370. The smallest absolute Gasteiger partial charge is 0.434 e. The van der Waals surface area contributed by atoms with Crippen LogP contribution in [0.4, 0.5) is 4.79 Å². The number of rotatable bonds is 15. The fourth-order valence-electron chi connectivity index (χ4n) is 3.37. The third-order valence-corrected chi connectivity index (χ3v) is 5.89. The molecule has 2 aromatic carbocycles. The number of aliphatic hydroxyl groups excluding tert-OH is 1. The molecule has 224 valence electrons. The first kappa shape index (κ1) is 32.3. The van der Waals surface area contributed by atoms with E-state index in [0.29, 0.717) is 22.0 Å². The van der Waals surface area contributed by atoms with Crippen LogP contribution in [0.2, 0.25) is 10.0 Å². The van der Waals surface area contributed by atoms with Gasteiger partial charge in [-0.05, 0) is 41.0 Å². The molecule has 1 atom stereocenters. The SMILES string of the molecule is C=CCOn1cc(C(=O)NN(Cc2ccc(-c3cc(Cl)ccc3Cl)cc2)C[C@@H](O)C(=O)OCOC(=O)OCCC)nn1. The molecule has 1 aromatic heterocycles. The average Bonchev–Trinajstić information content (AvgIpc) is 3.46. The average molecular weight is 622 g/mol. The van der Waals surface area contributed by atoms with Crippen molar-refractivity contribution in [2.24, 2.45) is 0 Å². The van der Waals surface area contributed by atoms with Gasteiger partial charge in [-0.15, -0.1) is 5.10 Å². The van der Waals surface area contributed by atoms with Crippen LogP contribution in [0.25, 0.3) is 11.1 Å². The van der Waals surface area contributed by atoms with Gasteiger partial charge in [0, 0.05) is 22.2 Å². The van der Waals surface area contributed by atoms with E-state index in [2.05, 4.69) is 27.1 Å². The lowest BCUT2D eigenvalue weighted by Gasteiger charge is -2.24. The lowest BCUT2D eigenvalue weighted by atomic mass is 10.0. The van der Waals surface area contributed by atoms with Gasteiger partial charge in [-0.25, -0.2) is 14.6 Å². The Morgan fingerprint density at radius 2 is 1.90 bits per heavy atom. The van der Waals surface area contributed by atoms with Crippen LogP contribution in [0.15, 0.2) is 61.3 Å². The van der Waals surface area contributed by atoms with Crippen molar-refractivity contribution in [2.45, 2.75) is 26.0 Å². The molecule has 0 saturated carbocycles. The molecule has 0 aliphatic carbocycles. The van der Waals surface area contributed by atoms with Gasteiger partial charge in [0.15, 0.2) is 11.8 Å². The molecule has 3 aromatic rings. The molecule has 15 heteroatoms. The first-order valence-corrected chi connectivity index (χ1v) is 13.4. The summed E-state index contributed by atoms with van der Waals surface area (Å²) in [4.78, 5) is 42.8. The maximum Gasteiger partial charge on any atom is 0.511 e. The zero-order chi connectivity index (χ0) is 30.5. The van der Waals surface area contributed by atoms with Crippen molar-refractivity contribution in [2.75, 3.05) is 26.6 Å². The molecule has 0 radical (unpaired) electrons. The molecule has 0 spiro atoms. The topological polar surface area (TPSA) is 154 Å². The van der Waals surface area contributed by atoms with Gasteiger partial charge in [0.05, 0.1) is 13.2 Å². The number of hydrogen-bond donors (Lipinski definition) is 2. The van der Waals surface area contributed by atoms with Crippen molar-refractivity contribution in [3.8, 4) is 11.1 Å². The number of nitrogens with one attached hydrogen (secondary N) is 1. The zero-order valence-electron chi connectivity index (χ0n) is 22.6. The predicted octanol–water partition coefficient (Wildman–Crippen LogP) is 3.44. The minimum absolute atomic E-state index is 0.0561. The molecule has 0 saturated heterocycles. The summed E-state index contributed by atoms with van der Waals surface area (Å²) in [7, 11) is 0. The molecule has 1 heterocycles. The Kier molecular flexibility index (Phi) is 12.6. The number of aliphatic hydroxyl groups is 1. The highest BCUT2D eigenvalue weighted by atomic mass is 35.5. The monoisotopic (exact) mass is 621 g/mol. The Balaban J connectivity index is 1.70. The maximum atomic E-state index is 12.9. The van der Waals surface area contributed by atoms with Gasteiger partial charge >= 0.3 is 12.1 Å². The Labute approximate surface area is 251 Å². The third-order valence-electron chi connectivity index (χ3n) is 5.32. The summed E-state index contributed by atoms with van der Waals surface area (Å²) in [5.41, 5.74) is 4.75. The summed E-state index contributed by atoms with van der Waals surface area (Å²) < 4.78 is 14.1. The van der Waals surface area contributed by atoms with E-state index < -0.39 is 37.5 Å². The quantitative estimate of drug-likeness (QED) is 0.111. The summed E-state index contributed by atoms with van der Waals surface area (Å²) in [5.74, 6) is -1.78. The minimum Gasteiger partial charge on any atom is -0.434 e. The normalized spacial score (nSPS) is 11.5. The Morgan fingerprint density at radius 3 is 2.62 bits per heavy atom. The third kappa shape index (κ3) is 10.0. The largest absolute Gasteiger partial charge is 0.511 e. The fraction of sp³-hybridized carbons (Fsp3) is 0.296. The van der Waals surface area contributed by atoms with E-state index in [-0.39, 0.29) is 25.5 Å². The van der Waals surface area contributed by atoms with Gasteiger partial charge < -0.3 is 24.2 Å². The molecule has 3 rings (SSSR count). The number of carbonyl (C=O) groups excluding carboxylic acids is 3. The van der Waals surface area contributed by atoms with Crippen LogP contribution < -0.4 is 10.3 Å². The van der Waals surface area contributed by atoms with Crippen molar-refractivity contribution >= 4 is 41.2 Å². The highest BCUT2D eigenvalue weighted by Crippen LogP contribution is 2.30. The number of aromatic nitrogens is 3. The number of hydrogen-bond acceptors (Lipinski definition) is 11. The van der Waals surface area contributed by atoms with Crippen LogP contribution in [0, 0.1) is 0 Å². The van der Waals surface area contributed by atoms with Gasteiger partial charge in [-0.2, -0.15) is 0 Å². The lowest BCUT2D eigenvalue weighted by Crippen LogP contribution is -2.47. The molecule has 0 aliphatic rings. The van der Waals surface area contributed by atoms with Gasteiger partial charge in [-0.1, -0.05) is 71.9 Å². The van der Waals surface area contributed by atoms with Crippen LogP contribution in [-0.2, 0) is 25.5 Å². The summed E-state index contributed by atoms with van der Waals surface area (Å²) in [6, 6.07) is 12.3. The summed E-state index contributed by atoms with van der Waals surface area (Å²) in [6.07, 6.45) is 0.594. The molecule has 0 unspecified atom stereocenters. The van der Waals surface area contributed by atoms with Gasteiger partial charge in [-0.3, -0.25) is 10.2 Å². The van der Waals surface area contributed by atoms with Crippen LogP contribution in [0.5, 0.6) is 0 Å². The van der Waals surface area contributed by atoms with Crippen LogP contribution in [0.3, 0.4) is 0 Å². The summed E-state index contributed by atoms with van der Waals surface area (Å²) in [6.45, 7) is 4.52. The Morgan fingerprint density at radius 1 is 1.14 bits per heavy atom. The number of halogens is 2. The van der Waals surface area contributed by atoms with E-state index in [1.807, 2.05) is 12.1 Å². The second-order valence-corrected chi connectivity index (χ2v) is 9.42. The Hall–Kier alpha value is -4.17. The molecular formula is C27H29Cl2N5O8. The first-order valence-electron chi connectivity index (χ1n) is 12.6. The van der Waals surface area contributed by atoms with Crippen molar-refractivity contribution in [1.29, 1.82) is 0 Å². The van der Waals surface area contributed by atoms with Crippen molar-refractivity contribution in [1.82, 2.24) is 25.6 Å². The van der Waals surface area contributed by atoms with Crippen molar-refractivity contribution in [3.63, 3.8) is 0 Å². The second kappa shape index (κ2) is 16.3. The first-order chi connectivity index (χ1) is 20.2. The van der Waals surface area contributed by atoms with E-state index in [1.165, 1.54) is 17.3 Å². The molecule has 1 amide bonds. The number of amides is 1. The zero-order valence-corrected chi connectivity index (χ0v) is 24.1. The van der Waals surface area contributed by atoms with Gasteiger partial charge in [0.2, 0.25) is 6.79 Å². The number of hydrazine groups is 1. The van der Waals surface area contributed by atoms with Crippen LogP contribution >= 0.6 is 23.2 Å². The van der Waals surface area contributed by atoms with Gasteiger partial charge in [0.1, 0.15) is 12.8 Å². The predicted molar refractivity (Wildman–Crippen MR) is 151 cm³/mol. The van der Waals surface area contributed by atoms with Crippen molar-refractivity contribution in [3.05, 3.63) is 82.6 Å². The number of esters is 1. The fourth-order valence-corrected chi connectivity index (χ4v) is 3.77. The lowest BCUT2D eigenvalue weighted by molar-refractivity contribution is -0.164. The number of carbonyl (C=O) groups is 3. The van der Waals surface area contributed by atoms with E-state index >= 15 is 0 Å². The maximum absolute atomic E-state index is 12.9.